The van der Waals surface area contributed by atoms with Gasteiger partial charge in [0, 0.05) is 38.3 Å². The summed E-state index contributed by atoms with van der Waals surface area (Å²) in [6.07, 6.45) is 2.03. The number of rotatable bonds is 6. The molecule has 2 saturated heterocycles. The lowest BCUT2D eigenvalue weighted by Crippen LogP contribution is -2.49. The first-order valence-corrected chi connectivity index (χ1v) is 13.2. The number of halogens is 1. The molecule has 4 aromatic rings. The van der Waals surface area contributed by atoms with Crippen molar-refractivity contribution in [2.75, 3.05) is 37.7 Å². The Labute approximate surface area is 220 Å². The lowest BCUT2D eigenvalue weighted by Gasteiger charge is -2.39. The molecule has 2 fully saturated rings. The number of H-pyrrole nitrogens is 1. The van der Waals surface area contributed by atoms with E-state index in [0.29, 0.717) is 49.8 Å². The average molecular weight is 518 g/mol. The lowest BCUT2D eigenvalue weighted by atomic mass is 10.00. The van der Waals surface area contributed by atoms with Crippen LogP contribution in [0, 0.1) is 19.7 Å². The maximum absolute atomic E-state index is 14.5. The Balaban J connectivity index is 1.39. The van der Waals surface area contributed by atoms with Crippen LogP contribution < -0.4 is 10.5 Å². The second-order valence-electron chi connectivity index (χ2n) is 10.3. The Hall–Kier alpha value is -3.63. The standard InChI is InChI=1S/C28H32FN7O2/c1-18-14-19(2)25-20(15-18)16-22(28(37)30-25)26(27-31-32-33-36(27)17-21-6-5-13-38-21)35-11-9-34(10-12-35)24-8-4-3-7-23(24)29/h3-4,7-8,14-16,21,26H,5-6,9-13,17H2,1-2H3,(H,30,37)/t21-,26+/m0/s1. The third kappa shape index (κ3) is 4.69. The van der Waals surface area contributed by atoms with Crippen LogP contribution in [0.2, 0.25) is 0 Å². The van der Waals surface area contributed by atoms with Gasteiger partial charge in [-0.25, -0.2) is 9.07 Å². The van der Waals surface area contributed by atoms with E-state index in [0.717, 1.165) is 41.5 Å². The molecular formula is C28H32FN7O2. The van der Waals surface area contributed by atoms with Gasteiger partial charge in [-0.15, -0.1) is 5.10 Å². The number of aromatic nitrogens is 5. The number of benzene rings is 2. The molecular weight excluding hydrogens is 485 g/mol. The van der Waals surface area contributed by atoms with Gasteiger partial charge in [-0.05, 0) is 72.3 Å². The van der Waals surface area contributed by atoms with Crippen molar-refractivity contribution in [3.63, 3.8) is 0 Å². The van der Waals surface area contributed by atoms with E-state index in [1.54, 1.807) is 10.7 Å². The van der Waals surface area contributed by atoms with E-state index in [-0.39, 0.29) is 17.5 Å². The second kappa shape index (κ2) is 10.3. The number of aryl methyl sites for hydroxylation is 2. The number of tetrazole rings is 1. The molecule has 0 bridgehead atoms. The second-order valence-corrected chi connectivity index (χ2v) is 10.3. The number of anilines is 1. The minimum Gasteiger partial charge on any atom is -0.376 e. The van der Waals surface area contributed by atoms with Crippen LogP contribution in [0.4, 0.5) is 10.1 Å². The highest BCUT2D eigenvalue weighted by Crippen LogP contribution is 2.30. The normalized spacial score (nSPS) is 19.3. The third-order valence-electron chi connectivity index (χ3n) is 7.69. The van der Waals surface area contributed by atoms with E-state index in [1.807, 2.05) is 25.1 Å². The van der Waals surface area contributed by atoms with E-state index in [4.69, 9.17) is 4.74 Å². The Morgan fingerprint density at radius 1 is 1.13 bits per heavy atom. The smallest absolute Gasteiger partial charge is 0.253 e. The van der Waals surface area contributed by atoms with Crippen LogP contribution in [0.25, 0.3) is 10.9 Å². The van der Waals surface area contributed by atoms with E-state index < -0.39 is 6.04 Å². The fourth-order valence-electron chi connectivity index (χ4n) is 5.85. The molecule has 198 valence electrons. The number of fused-ring (bicyclic) bond motifs is 1. The van der Waals surface area contributed by atoms with Crippen molar-refractivity contribution in [2.45, 2.75) is 45.4 Å². The molecule has 0 saturated carbocycles. The van der Waals surface area contributed by atoms with Gasteiger partial charge in [-0.1, -0.05) is 23.8 Å². The van der Waals surface area contributed by atoms with Gasteiger partial charge in [0.1, 0.15) is 11.9 Å². The Morgan fingerprint density at radius 2 is 1.95 bits per heavy atom. The molecule has 4 heterocycles. The molecule has 0 aliphatic carbocycles. The van der Waals surface area contributed by atoms with Crippen LogP contribution in [0.15, 0.2) is 47.3 Å². The van der Waals surface area contributed by atoms with Gasteiger partial charge < -0.3 is 14.6 Å². The SMILES string of the molecule is Cc1cc(C)c2[nH]c(=O)c([C@H](c3nnnn3C[C@@H]3CCCO3)N3CCN(c4ccccc4F)CC3)cc2c1. The molecule has 1 N–H and O–H groups in total. The van der Waals surface area contributed by atoms with Crippen molar-refractivity contribution in [1.29, 1.82) is 0 Å². The van der Waals surface area contributed by atoms with Gasteiger partial charge in [0.2, 0.25) is 0 Å². The summed E-state index contributed by atoms with van der Waals surface area (Å²) in [6.45, 7) is 7.82. The van der Waals surface area contributed by atoms with Crippen LogP contribution in [-0.2, 0) is 11.3 Å². The monoisotopic (exact) mass is 517 g/mol. The Bertz CT molecular complexity index is 1500. The molecule has 6 rings (SSSR count). The zero-order valence-corrected chi connectivity index (χ0v) is 21.7. The molecule has 9 nitrogen and oxygen atoms in total. The first-order valence-electron chi connectivity index (χ1n) is 13.2. The average Bonchev–Trinajstić information content (AvgIpc) is 3.59. The van der Waals surface area contributed by atoms with Crippen LogP contribution in [-0.4, -0.2) is 69.0 Å². The number of nitrogens with one attached hydrogen (secondary N) is 1. The molecule has 38 heavy (non-hydrogen) atoms. The van der Waals surface area contributed by atoms with E-state index >= 15 is 0 Å². The lowest BCUT2D eigenvalue weighted by molar-refractivity contribution is 0.0906. The highest BCUT2D eigenvalue weighted by Gasteiger charge is 2.34. The molecule has 2 aromatic carbocycles. The molecule has 2 aliphatic rings. The number of aromatic amines is 1. The van der Waals surface area contributed by atoms with Gasteiger partial charge in [0.05, 0.1) is 23.9 Å². The molecule has 2 atom stereocenters. The fraction of sp³-hybridized carbons (Fsp3) is 0.429. The van der Waals surface area contributed by atoms with Crippen molar-refractivity contribution in [2.24, 2.45) is 0 Å². The number of hydrogen-bond acceptors (Lipinski definition) is 7. The molecule has 0 radical (unpaired) electrons. The number of ether oxygens (including phenoxy) is 1. The van der Waals surface area contributed by atoms with Crippen molar-refractivity contribution < 1.29 is 9.13 Å². The van der Waals surface area contributed by atoms with Gasteiger partial charge in [0.15, 0.2) is 5.82 Å². The van der Waals surface area contributed by atoms with Gasteiger partial charge in [-0.3, -0.25) is 9.69 Å². The molecule has 0 amide bonds. The predicted molar refractivity (Wildman–Crippen MR) is 143 cm³/mol. The maximum Gasteiger partial charge on any atom is 0.253 e. The van der Waals surface area contributed by atoms with Crippen LogP contribution >= 0.6 is 0 Å². The number of nitrogens with zero attached hydrogens (tertiary/aromatic N) is 6. The highest BCUT2D eigenvalue weighted by atomic mass is 19.1. The number of pyridine rings is 1. The fourth-order valence-corrected chi connectivity index (χ4v) is 5.85. The summed E-state index contributed by atoms with van der Waals surface area (Å²) in [5.41, 5.74) is 4.05. The Kier molecular flexibility index (Phi) is 6.67. The van der Waals surface area contributed by atoms with Crippen molar-refractivity contribution >= 4 is 16.6 Å². The molecule has 0 spiro atoms. The number of para-hydroxylation sites is 1. The summed E-state index contributed by atoms with van der Waals surface area (Å²) in [7, 11) is 0. The quantitative estimate of drug-likeness (QED) is 0.419. The van der Waals surface area contributed by atoms with Crippen LogP contribution in [0.3, 0.4) is 0 Å². The van der Waals surface area contributed by atoms with Crippen LogP contribution in [0.5, 0.6) is 0 Å². The molecule has 10 heteroatoms. The topological polar surface area (TPSA) is 92.2 Å². The van der Waals surface area contributed by atoms with Gasteiger partial charge in [-0.2, -0.15) is 0 Å². The molecule has 2 aromatic heterocycles. The maximum atomic E-state index is 14.5. The summed E-state index contributed by atoms with van der Waals surface area (Å²) in [6, 6.07) is 12.5. The minimum absolute atomic E-state index is 0.0518. The number of hydrogen-bond donors (Lipinski definition) is 1. The van der Waals surface area contributed by atoms with Crippen molar-refractivity contribution in [3.05, 3.63) is 81.2 Å². The van der Waals surface area contributed by atoms with Gasteiger partial charge in [0.25, 0.3) is 5.56 Å². The third-order valence-corrected chi connectivity index (χ3v) is 7.69. The summed E-state index contributed by atoms with van der Waals surface area (Å²) >= 11 is 0. The number of piperazine rings is 1. The van der Waals surface area contributed by atoms with Crippen molar-refractivity contribution in [3.8, 4) is 0 Å². The summed E-state index contributed by atoms with van der Waals surface area (Å²) < 4.78 is 22.1. The van der Waals surface area contributed by atoms with Crippen LogP contribution in [0.1, 0.15) is 41.4 Å². The van der Waals surface area contributed by atoms with Crippen molar-refractivity contribution in [1.82, 2.24) is 30.1 Å². The summed E-state index contributed by atoms with van der Waals surface area (Å²) in [5, 5.41) is 13.7. The Morgan fingerprint density at radius 3 is 2.71 bits per heavy atom. The van der Waals surface area contributed by atoms with Gasteiger partial charge >= 0.3 is 0 Å². The molecule has 0 unspecified atom stereocenters. The predicted octanol–water partition coefficient (Wildman–Crippen LogP) is 3.36. The van der Waals surface area contributed by atoms with E-state index in [2.05, 4.69) is 49.4 Å². The molecule has 2 aliphatic heterocycles. The highest BCUT2D eigenvalue weighted by molar-refractivity contribution is 5.83. The summed E-state index contributed by atoms with van der Waals surface area (Å²) in [4.78, 5) is 21.0. The van der Waals surface area contributed by atoms with E-state index in [1.165, 1.54) is 6.07 Å². The van der Waals surface area contributed by atoms with E-state index in [9.17, 15) is 9.18 Å². The zero-order chi connectivity index (χ0) is 26.2. The summed E-state index contributed by atoms with van der Waals surface area (Å²) in [5.74, 6) is 0.392. The first-order chi connectivity index (χ1) is 18.5. The largest absolute Gasteiger partial charge is 0.376 e. The first kappa shape index (κ1) is 24.7. The zero-order valence-electron chi connectivity index (χ0n) is 21.7. The minimum atomic E-state index is -0.455.